The molecule has 0 saturated carbocycles. The quantitative estimate of drug-likeness (QED) is 0.595. The number of nitrogens with one attached hydrogen (secondary N) is 2. The van der Waals surface area contributed by atoms with Crippen LogP contribution in [0.5, 0.6) is 0 Å². The van der Waals surface area contributed by atoms with Gasteiger partial charge < -0.3 is 5.32 Å². The van der Waals surface area contributed by atoms with Crippen LogP contribution in [0.4, 0.5) is 5.82 Å². The molecule has 0 bridgehead atoms. The fraction of sp³-hybridized carbons (Fsp3) is 0.200. The van der Waals surface area contributed by atoms with Gasteiger partial charge in [-0.1, -0.05) is 18.2 Å². The standard InChI is InChI=1S/C15H14IN3OS/c16-21-18-9-10-2-1-3-11(8-10)12-6-7-17-15-13(12)4-5-14(20)19-15/h1-3,6-8,18H,4-5,9H2,(H,17,19,20). The summed E-state index contributed by atoms with van der Waals surface area (Å²) in [6, 6.07) is 10.5. The molecule has 2 heterocycles. The molecule has 1 aromatic heterocycles. The van der Waals surface area contributed by atoms with Crippen LogP contribution in [0.2, 0.25) is 0 Å². The fourth-order valence-corrected chi connectivity index (χ4v) is 3.20. The summed E-state index contributed by atoms with van der Waals surface area (Å²) in [6.07, 6.45) is 3.03. The zero-order valence-electron chi connectivity index (χ0n) is 11.2. The van der Waals surface area contributed by atoms with E-state index in [0.29, 0.717) is 12.2 Å². The minimum atomic E-state index is 0.0455. The number of pyridine rings is 1. The number of hydrogen-bond acceptors (Lipinski definition) is 4. The molecule has 0 radical (unpaired) electrons. The maximum absolute atomic E-state index is 11.5. The highest BCUT2D eigenvalue weighted by atomic mass is 127. The van der Waals surface area contributed by atoms with Crippen molar-refractivity contribution < 1.29 is 4.79 Å². The Balaban J connectivity index is 1.97. The van der Waals surface area contributed by atoms with Crippen molar-refractivity contribution in [3.63, 3.8) is 0 Å². The number of amides is 1. The molecule has 0 atom stereocenters. The van der Waals surface area contributed by atoms with Crippen LogP contribution in [0.1, 0.15) is 17.5 Å². The van der Waals surface area contributed by atoms with Gasteiger partial charge in [0.05, 0.1) is 0 Å². The molecule has 1 aliphatic heterocycles. The second-order valence-corrected chi connectivity index (χ2v) is 6.60. The monoisotopic (exact) mass is 411 g/mol. The van der Waals surface area contributed by atoms with Crippen LogP contribution in [0, 0.1) is 0 Å². The third kappa shape index (κ3) is 3.38. The highest BCUT2D eigenvalue weighted by Crippen LogP contribution is 2.31. The van der Waals surface area contributed by atoms with Gasteiger partial charge in [-0.25, -0.2) is 4.98 Å². The average molecular weight is 411 g/mol. The molecule has 1 aliphatic rings. The van der Waals surface area contributed by atoms with Gasteiger partial charge in [0.1, 0.15) is 5.82 Å². The van der Waals surface area contributed by atoms with Crippen LogP contribution in [0.3, 0.4) is 0 Å². The van der Waals surface area contributed by atoms with E-state index in [-0.39, 0.29) is 5.91 Å². The van der Waals surface area contributed by atoms with Crippen LogP contribution in [0.15, 0.2) is 36.5 Å². The third-order valence-electron chi connectivity index (χ3n) is 3.48. The number of anilines is 1. The minimum absolute atomic E-state index is 0.0455. The van der Waals surface area contributed by atoms with Crippen molar-refractivity contribution in [3.05, 3.63) is 47.7 Å². The molecule has 0 unspecified atom stereocenters. The maximum atomic E-state index is 11.5. The van der Waals surface area contributed by atoms with E-state index in [4.69, 9.17) is 0 Å². The fourth-order valence-electron chi connectivity index (χ4n) is 2.52. The van der Waals surface area contributed by atoms with Crippen molar-refractivity contribution in [2.75, 3.05) is 5.32 Å². The first-order chi connectivity index (χ1) is 10.3. The lowest BCUT2D eigenvalue weighted by Gasteiger charge is -2.19. The van der Waals surface area contributed by atoms with Gasteiger partial charge in [-0.3, -0.25) is 9.52 Å². The zero-order valence-corrected chi connectivity index (χ0v) is 14.2. The number of carbonyl (C=O) groups excluding carboxylic acids is 1. The lowest BCUT2D eigenvalue weighted by molar-refractivity contribution is -0.116. The van der Waals surface area contributed by atoms with Crippen LogP contribution < -0.4 is 10.0 Å². The third-order valence-corrected chi connectivity index (χ3v) is 4.67. The van der Waals surface area contributed by atoms with Gasteiger partial charge >= 0.3 is 0 Å². The number of rotatable bonds is 4. The first kappa shape index (κ1) is 14.8. The van der Waals surface area contributed by atoms with Crippen molar-refractivity contribution in [2.24, 2.45) is 0 Å². The molecule has 0 saturated heterocycles. The summed E-state index contributed by atoms with van der Waals surface area (Å²) in [5.41, 5.74) is 4.69. The first-order valence-corrected chi connectivity index (χ1v) is 10.0. The summed E-state index contributed by atoms with van der Waals surface area (Å²) in [4.78, 5) is 15.8. The van der Waals surface area contributed by atoms with E-state index in [2.05, 4.69) is 60.5 Å². The van der Waals surface area contributed by atoms with Gasteiger partial charge in [0.2, 0.25) is 5.91 Å². The van der Waals surface area contributed by atoms with Gasteiger partial charge in [0.15, 0.2) is 0 Å². The summed E-state index contributed by atoms with van der Waals surface area (Å²) < 4.78 is 3.25. The summed E-state index contributed by atoms with van der Waals surface area (Å²) in [6.45, 7) is 0.825. The Morgan fingerprint density at radius 2 is 2.24 bits per heavy atom. The predicted octanol–water partition coefficient (Wildman–Crippen LogP) is 3.72. The number of fused-ring (bicyclic) bond motifs is 1. The number of nitrogens with zero attached hydrogens (tertiary/aromatic N) is 1. The molecule has 3 rings (SSSR count). The lowest BCUT2D eigenvalue weighted by atomic mass is 9.94. The Kier molecular flexibility index (Phi) is 4.77. The Bertz CT molecular complexity index is 678. The Labute approximate surface area is 139 Å². The van der Waals surface area contributed by atoms with Crippen LogP contribution in [-0.4, -0.2) is 10.9 Å². The van der Waals surface area contributed by atoms with E-state index in [1.54, 1.807) is 15.3 Å². The molecular weight excluding hydrogens is 397 g/mol. The molecule has 0 aliphatic carbocycles. The van der Waals surface area contributed by atoms with Gasteiger partial charge in [-0.2, -0.15) is 0 Å². The molecular formula is C15H14IN3OS. The second kappa shape index (κ2) is 6.76. The zero-order chi connectivity index (χ0) is 14.7. The molecule has 2 N–H and O–H groups in total. The highest BCUT2D eigenvalue weighted by molar-refractivity contribution is 14.2. The molecule has 108 valence electrons. The molecule has 0 fully saturated rings. The number of carbonyl (C=O) groups is 1. The Morgan fingerprint density at radius 3 is 3.10 bits per heavy atom. The van der Waals surface area contributed by atoms with E-state index < -0.39 is 0 Å². The van der Waals surface area contributed by atoms with Crippen LogP contribution in [0.25, 0.3) is 11.1 Å². The number of benzene rings is 1. The summed E-state index contributed by atoms with van der Waals surface area (Å²) in [7, 11) is 1.58. The normalized spacial score (nSPS) is 13.7. The minimum Gasteiger partial charge on any atom is -0.310 e. The number of halogens is 1. The first-order valence-electron chi connectivity index (χ1n) is 6.65. The van der Waals surface area contributed by atoms with Crippen molar-refractivity contribution in [1.82, 2.24) is 9.71 Å². The molecule has 2 aromatic rings. The summed E-state index contributed by atoms with van der Waals surface area (Å²) in [5, 5.41) is 2.85. The molecule has 1 aromatic carbocycles. The molecule has 0 spiro atoms. The van der Waals surface area contributed by atoms with Gasteiger partial charge in [0.25, 0.3) is 0 Å². The number of hydrogen-bond donors (Lipinski definition) is 2. The summed E-state index contributed by atoms with van der Waals surface area (Å²) in [5.74, 6) is 0.749. The van der Waals surface area contributed by atoms with Crippen molar-refractivity contribution in [3.8, 4) is 11.1 Å². The lowest BCUT2D eigenvalue weighted by Crippen LogP contribution is -2.20. The van der Waals surface area contributed by atoms with E-state index in [9.17, 15) is 4.79 Å². The van der Waals surface area contributed by atoms with E-state index in [1.807, 2.05) is 6.07 Å². The Hall–Kier alpha value is -1.12. The molecule has 4 nitrogen and oxygen atoms in total. The maximum Gasteiger partial charge on any atom is 0.225 e. The molecule has 6 heteroatoms. The summed E-state index contributed by atoms with van der Waals surface area (Å²) >= 11 is 2.22. The van der Waals surface area contributed by atoms with Crippen molar-refractivity contribution in [1.29, 1.82) is 0 Å². The predicted molar refractivity (Wildman–Crippen MR) is 95.1 cm³/mol. The van der Waals surface area contributed by atoms with Crippen LogP contribution >= 0.6 is 30.3 Å². The van der Waals surface area contributed by atoms with Crippen molar-refractivity contribution in [2.45, 2.75) is 19.4 Å². The van der Waals surface area contributed by atoms with E-state index in [0.717, 1.165) is 24.1 Å². The Morgan fingerprint density at radius 1 is 1.33 bits per heavy atom. The topological polar surface area (TPSA) is 54.0 Å². The average Bonchev–Trinajstić information content (AvgIpc) is 2.52. The van der Waals surface area contributed by atoms with Crippen LogP contribution in [-0.2, 0) is 17.8 Å². The van der Waals surface area contributed by atoms with E-state index >= 15 is 0 Å². The second-order valence-electron chi connectivity index (χ2n) is 4.83. The largest absolute Gasteiger partial charge is 0.310 e. The van der Waals surface area contributed by atoms with Crippen molar-refractivity contribution >= 4 is 42.0 Å². The highest BCUT2D eigenvalue weighted by Gasteiger charge is 2.19. The SMILES string of the molecule is O=C1CCc2c(-c3cccc(CNSI)c3)ccnc2N1. The smallest absolute Gasteiger partial charge is 0.225 e. The van der Waals surface area contributed by atoms with E-state index in [1.165, 1.54) is 11.1 Å². The van der Waals surface area contributed by atoms with Gasteiger partial charge in [0, 0.05) is 45.9 Å². The van der Waals surface area contributed by atoms with Gasteiger partial charge in [-0.15, -0.1) is 0 Å². The molecule has 21 heavy (non-hydrogen) atoms. The van der Waals surface area contributed by atoms with Gasteiger partial charge in [-0.05, 0) is 44.4 Å². The molecule has 1 amide bonds. The number of aromatic nitrogens is 1.